The first-order valence-corrected chi connectivity index (χ1v) is 12.4. The number of anilines is 3. The summed E-state index contributed by atoms with van der Waals surface area (Å²) in [5.74, 6) is -0.113. The second-order valence-corrected chi connectivity index (χ2v) is 9.45. The molecule has 2 aliphatic rings. The van der Waals surface area contributed by atoms with E-state index >= 15 is 0 Å². The number of amides is 3. The Balaban J connectivity index is 1.21. The van der Waals surface area contributed by atoms with Gasteiger partial charge >= 0.3 is 12.4 Å². The highest BCUT2D eigenvalue weighted by atomic mass is 19.4. The molecule has 0 radical (unpaired) electrons. The molecule has 1 saturated carbocycles. The second-order valence-electron chi connectivity index (χ2n) is 9.45. The molecule has 13 heteroatoms. The largest absolute Gasteiger partial charge is 0.573 e. The van der Waals surface area contributed by atoms with E-state index in [1.54, 1.807) is 27.8 Å². The molecular formula is C26H26F4N6O3. The van der Waals surface area contributed by atoms with Crippen molar-refractivity contribution in [3.63, 3.8) is 0 Å². The Kier molecular flexibility index (Phi) is 7.31. The number of halogens is 4. The molecule has 39 heavy (non-hydrogen) atoms. The van der Waals surface area contributed by atoms with Crippen LogP contribution in [-0.2, 0) is 6.54 Å². The summed E-state index contributed by atoms with van der Waals surface area (Å²) in [6, 6.07) is 10.3. The number of alkyl halides is 3. The van der Waals surface area contributed by atoms with Gasteiger partial charge in [0.15, 0.2) is 5.82 Å². The maximum atomic E-state index is 13.4. The molecule has 9 nitrogen and oxygen atoms in total. The first kappa shape index (κ1) is 26.3. The van der Waals surface area contributed by atoms with Gasteiger partial charge in [-0.05, 0) is 67.3 Å². The van der Waals surface area contributed by atoms with Gasteiger partial charge in [0.1, 0.15) is 11.6 Å². The highest BCUT2D eigenvalue weighted by molar-refractivity contribution is 6.00. The quantitative estimate of drug-likeness (QED) is 0.410. The Morgan fingerprint density at radius 2 is 1.62 bits per heavy atom. The Bertz CT molecular complexity index is 1310. The van der Waals surface area contributed by atoms with Crippen molar-refractivity contribution in [3.8, 4) is 5.75 Å². The molecule has 0 bridgehead atoms. The molecule has 3 aromatic rings. The zero-order valence-corrected chi connectivity index (χ0v) is 20.7. The van der Waals surface area contributed by atoms with E-state index in [9.17, 15) is 27.2 Å². The van der Waals surface area contributed by atoms with Crippen molar-refractivity contribution in [1.82, 2.24) is 14.5 Å². The fourth-order valence-corrected chi connectivity index (χ4v) is 4.34. The van der Waals surface area contributed by atoms with Crippen LogP contribution in [-0.4, -0.2) is 58.9 Å². The number of aromatic nitrogens is 2. The minimum Gasteiger partial charge on any atom is -0.406 e. The van der Waals surface area contributed by atoms with E-state index in [1.807, 2.05) is 0 Å². The number of urea groups is 1. The SMILES string of the molecule is O=C(Nc1ccc(OC(F)(F)F)cc1)Nc1cn(CC2CC2)c(C(=O)N2CCN(c3ccc(F)cc3)CC2)n1. The summed E-state index contributed by atoms with van der Waals surface area (Å²) in [6.45, 7) is 2.70. The number of nitrogens with zero attached hydrogens (tertiary/aromatic N) is 4. The van der Waals surface area contributed by atoms with Gasteiger partial charge in [0.05, 0.1) is 0 Å². The van der Waals surface area contributed by atoms with Crippen LogP contribution in [0.15, 0.2) is 54.7 Å². The number of hydrogen-bond donors (Lipinski definition) is 2. The van der Waals surface area contributed by atoms with Gasteiger partial charge in [0.25, 0.3) is 5.91 Å². The Morgan fingerprint density at radius 3 is 2.23 bits per heavy atom. The van der Waals surface area contributed by atoms with Crippen LogP contribution in [0.3, 0.4) is 0 Å². The standard InChI is InChI=1S/C26H26F4N6O3/c27-18-3-7-20(8-4-18)34-11-13-35(14-12-34)24(37)23-32-22(16-36(23)15-17-1-2-17)33-25(38)31-19-5-9-21(10-6-19)39-26(28,29)30/h3-10,16-17H,1-2,11-15H2,(H2,31,33,38). The van der Waals surface area contributed by atoms with Crippen LogP contribution in [0.2, 0.25) is 0 Å². The molecule has 1 aliphatic heterocycles. The molecule has 3 amide bonds. The number of imidazole rings is 1. The predicted octanol–water partition coefficient (Wildman–Crippen LogP) is 4.94. The van der Waals surface area contributed by atoms with Crippen molar-refractivity contribution in [2.75, 3.05) is 41.7 Å². The molecule has 206 valence electrons. The fourth-order valence-electron chi connectivity index (χ4n) is 4.34. The summed E-state index contributed by atoms with van der Waals surface area (Å²) in [5.41, 5.74) is 1.13. The number of rotatable bonds is 7. The van der Waals surface area contributed by atoms with E-state index < -0.39 is 18.1 Å². The molecule has 2 aromatic carbocycles. The van der Waals surface area contributed by atoms with E-state index in [2.05, 4.69) is 25.3 Å². The highest BCUT2D eigenvalue weighted by Gasteiger charge is 2.31. The Morgan fingerprint density at radius 1 is 0.949 bits per heavy atom. The van der Waals surface area contributed by atoms with Crippen molar-refractivity contribution in [2.24, 2.45) is 5.92 Å². The van der Waals surface area contributed by atoms with Crippen LogP contribution in [0.1, 0.15) is 23.5 Å². The lowest BCUT2D eigenvalue weighted by Gasteiger charge is -2.36. The lowest BCUT2D eigenvalue weighted by Crippen LogP contribution is -2.49. The summed E-state index contributed by atoms with van der Waals surface area (Å²) in [7, 11) is 0. The lowest BCUT2D eigenvalue weighted by atomic mass is 10.2. The smallest absolute Gasteiger partial charge is 0.406 e. The second kappa shape index (κ2) is 10.8. The maximum absolute atomic E-state index is 13.4. The molecule has 0 atom stereocenters. The van der Waals surface area contributed by atoms with Gasteiger partial charge in [-0.25, -0.2) is 14.2 Å². The molecule has 2 N–H and O–H groups in total. The molecular weight excluding hydrogens is 520 g/mol. The summed E-state index contributed by atoms with van der Waals surface area (Å²) in [6.07, 6.45) is -1.09. The van der Waals surface area contributed by atoms with Crippen molar-refractivity contribution in [3.05, 3.63) is 66.4 Å². The van der Waals surface area contributed by atoms with E-state index in [1.165, 1.54) is 24.3 Å². The van der Waals surface area contributed by atoms with Gasteiger partial charge in [-0.3, -0.25) is 10.1 Å². The van der Waals surface area contributed by atoms with Crippen molar-refractivity contribution in [2.45, 2.75) is 25.7 Å². The number of hydrogen-bond acceptors (Lipinski definition) is 5. The molecule has 1 saturated heterocycles. The van der Waals surface area contributed by atoms with Crippen molar-refractivity contribution < 1.29 is 31.9 Å². The normalized spacial score (nSPS) is 15.7. The third-order valence-electron chi connectivity index (χ3n) is 6.47. The van der Waals surface area contributed by atoms with E-state index in [0.717, 1.165) is 30.7 Å². The monoisotopic (exact) mass is 546 g/mol. The Labute approximate surface area is 221 Å². The molecule has 2 heterocycles. The number of nitrogens with one attached hydrogen (secondary N) is 2. The van der Waals surface area contributed by atoms with Crippen molar-refractivity contribution in [1.29, 1.82) is 0 Å². The van der Waals surface area contributed by atoms with E-state index in [4.69, 9.17) is 0 Å². The van der Waals surface area contributed by atoms with Gasteiger partial charge < -0.3 is 24.4 Å². The van der Waals surface area contributed by atoms with Gasteiger partial charge in [-0.2, -0.15) is 0 Å². The number of piperazine rings is 1. The van der Waals surface area contributed by atoms with Crippen molar-refractivity contribution >= 4 is 29.1 Å². The first-order valence-electron chi connectivity index (χ1n) is 12.4. The number of benzene rings is 2. The summed E-state index contributed by atoms with van der Waals surface area (Å²) >= 11 is 0. The molecule has 1 aromatic heterocycles. The molecule has 1 aliphatic carbocycles. The van der Waals surface area contributed by atoms with E-state index in [0.29, 0.717) is 38.6 Å². The van der Waals surface area contributed by atoms with Crippen LogP contribution < -0.4 is 20.3 Å². The predicted molar refractivity (Wildman–Crippen MR) is 135 cm³/mol. The first-order chi connectivity index (χ1) is 18.6. The summed E-state index contributed by atoms with van der Waals surface area (Å²) in [5, 5.41) is 5.10. The molecule has 0 unspecified atom stereocenters. The zero-order valence-electron chi connectivity index (χ0n) is 20.7. The summed E-state index contributed by atoms with van der Waals surface area (Å²) in [4.78, 5) is 34.1. The average Bonchev–Trinajstić information content (AvgIpc) is 3.63. The topological polar surface area (TPSA) is 91.7 Å². The van der Waals surface area contributed by atoms with Crippen LogP contribution in [0, 0.1) is 11.7 Å². The third-order valence-corrected chi connectivity index (χ3v) is 6.47. The molecule has 2 fully saturated rings. The van der Waals surface area contributed by atoms with Crippen LogP contribution in [0.25, 0.3) is 0 Å². The van der Waals surface area contributed by atoms with Crippen LogP contribution in [0.5, 0.6) is 5.75 Å². The average molecular weight is 547 g/mol. The van der Waals surface area contributed by atoms with Crippen LogP contribution >= 0.6 is 0 Å². The van der Waals surface area contributed by atoms with Gasteiger partial charge in [0.2, 0.25) is 5.82 Å². The maximum Gasteiger partial charge on any atom is 0.573 e. The zero-order chi connectivity index (χ0) is 27.6. The van der Waals surface area contributed by atoms with Gasteiger partial charge in [0, 0.05) is 50.3 Å². The number of ether oxygens (including phenoxy) is 1. The lowest BCUT2D eigenvalue weighted by molar-refractivity contribution is -0.274. The third kappa shape index (κ3) is 6.98. The van der Waals surface area contributed by atoms with Gasteiger partial charge in [-0.1, -0.05) is 0 Å². The number of carbonyl (C=O) groups is 2. The fraction of sp³-hybridized carbons (Fsp3) is 0.346. The number of carbonyl (C=O) groups excluding carboxylic acids is 2. The highest BCUT2D eigenvalue weighted by Crippen LogP contribution is 2.32. The van der Waals surface area contributed by atoms with Gasteiger partial charge in [-0.15, -0.1) is 13.2 Å². The minimum atomic E-state index is -4.81. The van der Waals surface area contributed by atoms with Crippen LogP contribution in [0.4, 0.5) is 39.5 Å². The summed E-state index contributed by atoms with van der Waals surface area (Å²) < 4.78 is 55.8. The molecule has 0 spiro atoms. The Hall–Kier alpha value is -4.29. The van der Waals surface area contributed by atoms with E-state index in [-0.39, 0.29) is 29.1 Å². The minimum absolute atomic E-state index is 0.179. The molecule has 5 rings (SSSR count).